The second-order valence-corrected chi connectivity index (χ2v) is 8.55. The van der Waals surface area contributed by atoms with Gasteiger partial charge in [0.2, 0.25) is 0 Å². The van der Waals surface area contributed by atoms with E-state index < -0.39 is 0 Å². The molecule has 0 atom stereocenters. The Kier molecular flexibility index (Phi) is 7.28. The quantitative estimate of drug-likeness (QED) is 0.264. The largest absolute Gasteiger partial charge is 0.496 e. The first kappa shape index (κ1) is 24.9. The summed E-state index contributed by atoms with van der Waals surface area (Å²) in [6.07, 6.45) is 0. The molecule has 0 radical (unpaired) electrons. The van der Waals surface area contributed by atoms with Gasteiger partial charge in [0.25, 0.3) is 5.56 Å². The molecule has 0 saturated heterocycles. The Labute approximate surface area is 223 Å². The van der Waals surface area contributed by atoms with Crippen molar-refractivity contribution in [1.29, 1.82) is 0 Å². The van der Waals surface area contributed by atoms with Gasteiger partial charge in [-0.15, -0.1) is 0 Å². The Morgan fingerprint density at radius 1 is 0.632 bits per heavy atom. The Bertz CT molecular complexity index is 1800. The van der Waals surface area contributed by atoms with E-state index >= 15 is 0 Å². The molecule has 0 saturated carbocycles. The molecule has 4 aromatic carbocycles. The standard InChI is InChI=1S/C15H11ClN2O.C15H12N2O2/c1-19-13-9-5-3-7-11(13)15-17-12-8-4-2-6-10(12)14(16)18-15;1-19-13-9-5-3-7-11(13)14-16-12-8-4-2-6-10(12)15(18)17-14/h2-9H,1H3;2-9H,1H3,(H,16,17,18). The number of methoxy groups -OCH3 is 2. The van der Waals surface area contributed by atoms with E-state index in [1.54, 1.807) is 20.3 Å². The van der Waals surface area contributed by atoms with E-state index in [4.69, 9.17) is 21.1 Å². The average molecular weight is 523 g/mol. The highest BCUT2D eigenvalue weighted by molar-refractivity contribution is 6.34. The van der Waals surface area contributed by atoms with E-state index in [2.05, 4.69) is 19.9 Å². The second-order valence-electron chi connectivity index (χ2n) is 8.19. The Morgan fingerprint density at radius 3 is 1.84 bits per heavy atom. The van der Waals surface area contributed by atoms with Gasteiger partial charge in [-0.1, -0.05) is 60.1 Å². The number of nitrogens with one attached hydrogen (secondary N) is 1. The SMILES string of the molecule is COc1ccccc1-c1nc(Cl)c2ccccc2n1.COc1ccccc1-c1nc2ccccc2c(=O)[nH]1. The zero-order valence-corrected chi connectivity index (χ0v) is 21.4. The molecule has 0 fully saturated rings. The lowest BCUT2D eigenvalue weighted by atomic mass is 10.1. The first-order valence-corrected chi connectivity index (χ1v) is 12.1. The smallest absolute Gasteiger partial charge is 0.259 e. The van der Waals surface area contributed by atoms with Crippen LogP contribution in [0, 0.1) is 0 Å². The number of nitrogens with zero attached hydrogens (tertiary/aromatic N) is 3. The van der Waals surface area contributed by atoms with Gasteiger partial charge in [0, 0.05) is 5.39 Å². The van der Waals surface area contributed by atoms with Crippen molar-refractivity contribution >= 4 is 33.4 Å². The minimum absolute atomic E-state index is 0.147. The number of hydrogen-bond acceptors (Lipinski definition) is 6. The van der Waals surface area contributed by atoms with Crippen LogP contribution in [-0.4, -0.2) is 34.2 Å². The maximum absolute atomic E-state index is 12.0. The van der Waals surface area contributed by atoms with Crippen molar-refractivity contribution in [3.63, 3.8) is 0 Å². The van der Waals surface area contributed by atoms with Crippen molar-refractivity contribution in [2.45, 2.75) is 0 Å². The van der Waals surface area contributed by atoms with Crippen LogP contribution in [0.3, 0.4) is 0 Å². The third-order valence-corrected chi connectivity index (χ3v) is 6.17. The lowest BCUT2D eigenvalue weighted by Gasteiger charge is -2.08. The van der Waals surface area contributed by atoms with Crippen molar-refractivity contribution < 1.29 is 9.47 Å². The number of hydrogen-bond donors (Lipinski definition) is 1. The lowest BCUT2D eigenvalue weighted by Crippen LogP contribution is -2.09. The molecule has 7 nitrogen and oxygen atoms in total. The summed E-state index contributed by atoms with van der Waals surface area (Å²) in [6, 6.07) is 30.0. The van der Waals surface area contributed by atoms with E-state index in [1.807, 2.05) is 91.0 Å². The number of aromatic amines is 1. The number of rotatable bonds is 4. The third kappa shape index (κ3) is 5.05. The highest BCUT2D eigenvalue weighted by Crippen LogP contribution is 2.30. The molecule has 0 bridgehead atoms. The minimum Gasteiger partial charge on any atom is -0.496 e. The molecular weight excluding hydrogens is 500 g/mol. The Morgan fingerprint density at radius 2 is 1.16 bits per heavy atom. The summed E-state index contributed by atoms with van der Waals surface area (Å²) in [4.78, 5) is 28.2. The van der Waals surface area contributed by atoms with Crippen molar-refractivity contribution in [3.8, 4) is 34.3 Å². The zero-order chi connectivity index (χ0) is 26.5. The van der Waals surface area contributed by atoms with Crippen LogP contribution < -0.4 is 15.0 Å². The predicted molar refractivity (Wildman–Crippen MR) is 151 cm³/mol. The lowest BCUT2D eigenvalue weighted by molar-refractivity contribution is 0.416. The van der Waals surface area contributed by atoms with Crippen LogP contribution in [0.1, 0.15) is 0 Å². The summed E-state index contributed by atoms with van der Waals surface area (Å²) in [5.74, 6) is 2.50. The molecule has 38 heavy (non-hydrogen) atoms. The number of halogens is 1. The molecule has 0 unspecified atom stereocenters. The van der Waals surface area contributed by atoms with Gasteiger partial charge in [-0.25, -0.2) is 15.0 Å². The topological polar surface area (TPSA) is 90.0 Å². The number of ether oxygens (including phenoxy) is 2. The molecule has 0 spiro atoms. The summed E-state index contributed by atoms with van der Waals surface area (Å²) >= 11 is 6.22. The molecule has 188 valence electrons. The highest BCUT2D eigenvalue weighted by atomic mass is 35.5. The number of para-hydroxylation sites is 4. The van der Waals surface area contributed by atoms with Crippen LogP contribution in [-0.2, 0) is 0 Å². The van der Waals surface area contributed by atoms with Gasteiger partial charge in [-0.2, -0.15) is 0 Å². The second kappa shape index (κ2) is 11.1. The summed E-state index contributed by atoms with van der Waals surface area (Å²) in [7, 11) is 3.22. The molecule has 0 aliphatic rings. The Balaban J connectivity index is 0.000000155. The molecule has 8 heteroatoms. The van der Waals surface area contributed by atoms with Crippen LogP contribution in [0.15, 0.2) is 102 Å². The van der Waals surface area contributed by atoms with E-state index in [0.29, 0.717) is 33.5 Å². The number of fused-ring (bicyclic) bond motifs is 2. The fraction of sp³-hybridized carbons (Fsp3) is 0.0667. The van der Waals surface area contributed by atoms with Crippen molar-refractivity contribution in [2.24, 2.45) is 0 Å². The van der Waals surface area contributed by atoms with Crippen LogP contribution in [0.5, 0.6) is 11.5 Å². The molecular formula is C30H23ClN4O3. The number of benzene rings is 4. The molecule has 1 N–H and O–H groups in total. The fourth-order valence-electron chi connectivity index (χ4n) is 4.04. The molecule has 2 heterocycles. The summed E-state index contributed by atoms with van der Waals surface area (Å²) in [5, 5.41) is 1.88. The first-order valence-electron chi connectivity index (χ1n) is 11.8. The van der Waals surface area contributed by atoms with Gasteiger partial charge in [0.05, 0.1) is 41.8 Å². The van der Waals surface area contributed by atoms with Gasteiger partial charge < -0.3 is 14.5 Å². The molecule has 2 aromatic heterocycles. The summed E-state index contributed by atoms with van der Waals surface area (Å²) in [6.45, 7) is 0. The number of H-pyrrole nitrogens is 1. The Hall–Kier alpha value is -4.75. The average Bonchev–Trinajstić information content (AvgIpc) is 2.97. The molecule has 6 aromatic rings. The minimum atomic E-state index is -0.147. The van der Waals surface area contributed by atoms with Gasteiger partial charge in [0.1, 0.15) is 22.5 Å². The fourth-order valence-corrected chi connectivity index (χ4v) is 4.28. The van der Waals surface area contributed by atoms with E-state index in [0.717, 1.165) is 27.8 Å². The first-order chi connectivity index (χ1) is 18.6. The van der Waals surface area contributed by atoms with E-state index in [9.17, 15) is 4.79 Å². The highest BCUT2D eigenvalue weighted by Gasteiger charge is 2.12. The molecule has 0 amide bonds. The van der Waals surface area contributed by atoms with Crippen LogP contribution in [0.25, 0.3) is 44.6 Å². The van der Waals surface area contributed by atoms with Gasteiger partial charge in [0.15, 0.2) is 5.82 Å². The molecule has 6 rings (SSSR count). The molecule has 0 aliphatic carbocycles. The maximum Gasteiger partial charge on any atom is 0.259 e. The summed E-state index contributed by atoms with van der Waals surface area (Å²) in [5.41, 5.74) is 2.95. The summed E-state index contributed by atoms with van der Waals surface area (Å²) < 4.78 is 10.6. The van der Waals surface area contributed by atoms with Gasteiger partial charge >= 0.3 is 0 Å². The van der Waals surface area contributed by atoms with Gasteiger partial charge in [-0.05, 0) is 48.5 Å². The van der Waals surface area contributed by atoms with Crippen LogP contribution >= 0.6 is 11.6 Å². The van der Waals surface area contributed by atoms with Gasteiger partial charge in [-0.3, -0.25) is 4.79 Å². The normalized spacial score (nSPS) is 10.6. The van der Waals surface area contributed by atoms with Crippen molar-refractivity contribution in [2.75, 3.05) is 14.2 Å². The zero-order valence-electron chi connectivity index (χ0n) is 20.7. The maximum atomic E-state index is 12.0. The van der Waals surface area contributed by atoms with Crippen LogP contribution in [0.4, 0.5) is 0 Å². The molecule has 0 aliphatic heterocycles. The third-order valence-electron chi connectivity index (χ3n) is 5.88. The monoisotopic (exact) mass is 522 g/mol. The van der Waals surface area contributed by atoms with Crippen LogP contribution in [0.2, 0.25) is 5.15 Å². The number of aromatic nitrogens is 4. The van der Waals surface area contributed by atoms with E-state index in [1.165, 1.54) is 0 Å². The predicted octanol–water partition coefficient (Wildman–Crippen LogP) is 6.56. The van der Waals surface area contributed by atoms with E-state index in [-0.39, 0.29) is 5.56 Å². The van der Waals surface area contributed by atoms with Crippen molar-refractivity contribution in [1.82, 2.24) is 19.9 Å². The van der Waals surface area contributed by atoms with Crippen molar-refractivity contribution in [3.05, 3.63) is 113 Å².